The fraction of sp³-hybridized carbons (Fsp3) is 0.500. The van der Waals surface area contributed by atoms with Gasteiger partial charge in [-0.2, -0.15) is 0 Å². The number of nitrogens with zero attached hydrogens (tertiary/aromatic N) is 3. The lowest BCUT2D eigenvalue weighted by Crippen LogP contribution is -2.40. The van der Waals surface area contributed by atoms with Crippen LogP contribution in [-0.4, -0.2) is 44.0 Å². The Balaban J connectivity index is 2.18. The average molecular weight is 223 g/mol. The van der Waals surface area contributed by atoms with Crippen molar-refractivity contribution < 1.29 is 14.7 Å². The Hall–Kier alpha value is -1.85. The Bertz CT molecular complexity index is 427. The molecule has 0 aliphatic carbocycles. The molecule has 86 valence electrons. The molecule has 1 aliphatic rings. The minimum atomic E-state index is -0.943. The second-order valence-electron chi connectivity index (χ2n) is 3.92. The van der Waals surface area contributed by atoms with E-state index in [0.717, 1.165) is 6.42 Å². The van der Waals surface area contributed by atoms with Crippen LogP contribution in [0.3, 0.4) is 0 Å². The summed E-state index contributed by atoms with van der Waals surface area (Å²) in [7, 11) is 1.77. The van der Waals surface area contributed by atoms with E-state index in [1.165, 1.54) is 11.2 Å². The molecule has 1 atom stereocenters. The van der Waals surface area contributed by atoms with Crippen LogP contribution in [0.25, 0.3) is 0 Å². The molecule has 0 spiro atoms. The number of hydrogen-bond donors (Lipinski definition) is 1. The van der Waals surface area contributed by atoms with Gasteiger partial charge in [0.2, 0.25) is 0 Å². The predicted octanol–water partition coefficient (Wildman–Crippen LogP) is 0.109. The van der Waals surface area contributed by atoms with Gasteiger partial charge in [0.25, 0.3) is 5.91 Å². The maximum Gasteiger partial charge on any atom is 0.326 e. The standard InChI is InChI=1S/C10H13N3O3/c1-12-5-7(11-6-12)9(14)13-4-2-3-8(13)10(15)16/h5-6,8H,2-4H2,1H3,(H,15,16)/t8-/m1/s1. The molecule has 0 radical (unpaired) electrons. The summed E-state index contributed by atoms with van der Waals surface area (Å²) in [6.45, 7) is 0.492. The highest BCUT2D eigenvalue weighted by molar-refractivity contribution is 5.95. The van der Waals surface area contributed by atoms with E-state index >= 15 is 0 Å². The molecule has 0 aromatic carbocycles. The second kappa shape index (κ2) is 3.96. The van der Waals surface area contributed by atoms with E-state index in [-0.39, 0.29) is 5.91 Å². The summed E-state index contributed by atoms with van der Waals surface area (Å²) in [6, 6.07) is -0.700. The van der Waals surface area contributed by atoms with Crippen molar-refractivity contribution in [1.82, 2.24) is 14.5 Å². The summed E-state index contributed by atoms with van der Waals surface area (Å²) in [5.74, 6) is -1.24. The number of aromatic nitrogens is 2. The van der Waals surface area contributed by atoms with Crippen LogP contribution < -0.4 is 0 Å². The van der Waals surface area contributed by atoms with Gasteiger partial charge >= 0.3 is 5.97 Å². The molecule has 1 aromatic heterocycles. The van der Waals surface area contributed by atoms with Gasteiger partial charge in [-0.05, 0) is 12.8 Å². The lowest BCUT2D eigenvalue weighted by molar-refractivity contribution is -0.141. The Labute approximate surface area is 92.5 Å². The van der Waals surface area contributed by atoms with E-state index in [2.05, 4.69) is 4.98 Å². The fourth-order valence-electron chi connectivity index (χ4n) is 1.94. The number of rotatable bonds is 2. The number of aryl methyl sites for hydroxylation is 1. The predicted molar refractivity (Wildman–Crippen MR) is 54.9 cm³/mol. The summed E-state index contributed by atoms with van der Waals surface area (Å²) in [5.41, 5.74) is 0.302. The lowest BCUT2D eigenvalue weighted by atomic mass is 10.2. The number of aliphatic carboxylic acids is 1. The van der Waals surface area contributed by atoms with Gasteiger partial charge in [-0.25, -0.2) is 9.78 Å². The van der Waals surface area contributed by atoms with E-state index in [1.54, 1.807) is 17.8 Å². The summed E-state index contributed by atoms with van der Waals surface area (Å²) in [5, 5.41) is 8.97. The maximum absolute atomic E-state index is 12.0. The van der Waals surface area contributed by atoms with E-state index in [1.807, 2.05) is 0 Å². The number of amides is 1. The molecule has 2 heterocycles. The van der Waals surface area contributed by atoms with Gasteiger partial charge in [-0.1, -0.05) is 0 Å². The van der Waals surface area contributed by atoms with Crippen molar-refractivity contribution in [3.05, 3.63) is 18.2 Å². The maximum atomic E-state index is 12.0. The molecule has 1 fully saturated rings. The van der Waals surface area contributed by atoms with Crippen LogP contribution in [0.15, 0.2) is 12.5 Å². The summed E-state index contributed by atoms with van der Waals surface area (Å²) < 4.78 is 1.67. The Morgan fingerprint density at radius 3 is 2.88 bits per heavy atom. The number of carbonyl (C=O) groups excluding carboxylic acids is 1. The molecule has 1 saturated heterocycles. The van der Waals surface area contributed by atoms with Crippen molar-refractivity contribution in [2.75, 3.05) is 6.54 Å². The van der Waals surface area contributed by atoms with Crippen LogP contribution >= 0.6 is 0 Å². The molecule has 1 aliphatic heterocycles. The van der Waals surface area contributed by atoms with Crippen LogP contribution in [0, 0.1) is 0 Å². The molecule has 0 unspecified atom stereocenters. The normalized spacial score (nSPS) is 20.1. The van der Waals surface area contributed by atoms with E-state index in [4.69, 9.17) is 5.11 Å². The molecule has 1 amide bonds. The van der Waals surface area contributed by atoms with Crippen LogP contribution in [0.4, 0.5) is 0 Å². The number of carboxylic acids is 1. The molecule has 0 bridgehead atoms. The topological polar surface area (TPSA) is 75.4 Å². The number of imidazole rings is 1. The van der Waals surface area contributed by atoms with Crippen LogP contribution in [0.1, 0.15) is 23.3 Å². The van der Waals surface area contributed by atoms with Gasteiger partial charge in [-0.3, -0.25) is 4.79 Å². The van der Waals surface area contributed by atoms with Gasteiger partial charge in [0.15, 0.2) is 0 Å². The molecule has 16 heavy (non-hydrogen) atoms. The molecule has 2 rings (SSSR count). The second-order valence-corrected chi connectivity index (χ2v) is 3.92. The third-order valence-corrected chi connectivity index (χ3v) is 2.72. The van der Waals surface area contributed by atoms with Crippen LogP contribution in [0.5, 0.6) is 0 Å². The Morgan fingerprint density at radius 1 is 1.56 bits per heavy atom. The smallest absolute Gasteiger partial charge is 0.326 e. The third-order valence-electron chi connectivity index (χ3n) is 2.72. The summed E-state index contributed by atoms with van der Waals surface area (Å²) >= 11 is 0. The highest BCUT2D eigenvalue weighted by Gasteiger charge is 2.35. The van der Waals surface area contributed by atoms with Crippen molar-refractivity contribution >= 4 is 11.9 Å². The van der Waals surface area contributed by atoms with Gasteiger partial charge in [0.05, 0.1) is 6.33 Å². The largest absolute Gasteiger partial charge is 0.480 e. The fourth-order valence-corrected chi connectivity index (χ4v) is 1.94. The summed E-state index contributed by atoms with van der Waals surface area (Å²) in [6.07, 6.45) is 4.38. The third kappa shape index (κ3) is 1.78. The van der Waals surface area contributed by atoms with Crippen molar-refractivity contribution in [1.29, 1.82) is 0 Å². The first-order valence-electron chi connectivity index (χ1n) is 5.11. The number of carbonyl (C=O) groups is 2. The van der Waals surface area contributed by atoms with Crippen molar-refractivity contribution in [2.24, 2.45) is 7.05 Å². The molecule has 1 N–H and O–H groups in total. The van der Waals surface area contributed by atoms with Crippen molar-refractivity contribution in [2.45, 2.75) is 18.9 Å². The number of hydrogen-bond acceptors (Lipinski definition) is 3. The van der Waals surface area contributed by atoms with E-state index < -0.39 is 12.0 Å². The molecule has 0 saturated carbocycles. The lowest BCUT2D eigenvalue weighted by Gasteiger charge is -2.19. The number of likely N-dealkylation sites (tertiary alicyclic amines) is 1. The Morgan fingerprint density at radius 2 is 2.31 bits per heavy atom. The van der Waals surface area contributed by atoms with E-state index in [0.29, 0.717) is 18.7 Å². The molecule has 6 nitrogen and oxygen atoms in total. The average Bonchev–Trinajstić information content (AvgIpc) is 2.84. The zero-order chi connectivity index (χ0) is 11.7. The zero-order valence-electron chi connectivity index (χ0n) is 8.96. The first-order chi connectivity index (χ1) is 7.59. The molecular formula is C10H13N3O3. The number of carboxylic acid groups (broad SMARTS) is 1. The van der Waals surface area contributed by atoms with Crippen molar-refractivity contribution in [3.63, 3.8) is 0 Å². The van der Waals surface area contributed by atoms with Crippen LogP contribution in [0.2, 0.25) is 0 Å². The Kier molecular flexibility index (Phi) is 2.64. The minimum absolute atomic E-state index is 0.300. The monoisotopic (exact) mass is 223 g/mol. The first kappa shape index (κ1) is 10.7. The summed E-state index contributed by atoms with van der Waals surface area (Å²) in [4.78, 5) is 28.2. The molecule has 1 aromatic rings. The SMILES string of the molecule is Cn1cnc(C(=O)N2CCC[C@@H]2C(=O)O)c1. The highest BCUT2D eigenvalue weighted by Crippen LogP contribution is 2.19. The van der Waals surface area contributed by atoms with Gasteiger partial charge < -0.3 is 14.6 Å². The zero-order valence-corrected chi connectivity index (χ0v) is 8.96. The minimum Gasteiger partial charge on any atom is -0.480 e. The quantitative estimate of drug-likeness (QED) is 0.772. The highest BCUT2D eigenvalue weighted by atomic mass is 16.4. The van der Waals surface area contributed by atoms with Gasteiger partial charge in [0.1, 0.15) is 11.7 Å². The molecular weight excluding hydrogens is 210 g/mol. The first-order valence-corrected chi connectivity index (χ1v) is 5.11. The molecule has 6 heteroatoms. The van der Waals surface area contributed by atoms with Gasteiger partial charge in [-0.15, -0.1) is 0 Å². The van der Waals surface area contributed by atoms with Gasteiger partial charge in [0, 0.05) is 19.8 Å². The van der Waals surface area contributed by atoms with E-state index in [9.17, 15) is 9.59 Å². The van der Waals surface area contributed by atoms with Crippen LogP contribution in [-0.2, 0) is 11.8 Å². The van der Waals surface area contributed by atoms with Crippen molar-refractivity contribution in [3.8, 4) is 0 Å².